The average molecular weight is 533 g/mol. The fraction of sp³-hybridized carbons (Fsp3) is 0.448. The van der Waals surface area contributed by atoms with Gasteiger partial charge >= 0.3 is 6.03 Å². The fourth-order valence-electron chi connectivity index (χ4n) is 4.76. The van der Waals surface area contributed by atoms with Gasteiger partial charge in [0.05, 0.1) is 19.3 Å². The van der Waals surface area contributed by atoms with E-state index < -0.39 is 0 Å². The summed E-state index contributed by atoms with van der Waals surface area (Å²) in [5.74, 6) is 1.16. The van der Waals surface area contributed by atoms with Gasteiger partial charge in [-0.25, -0.2) is 9.78 Å². The van der Waals surface area contributed by atoms with E-state index >= 15 is 0 Å². The molecule has 1 aliphatic rings. The van der Waals surface area contributed by atoms with Crippen LogP contribution in [0.25, 0.3) is 11.0 Å². The molecular formula is C29H36N6O4. The summed E-state index contributed by atoms with van der Waals surface area (Å²) in [7, 11) is 4.99. The van der Waals surface area contributed by atoms with E-state index in [9.17, 15) is 14.9 Å². The Morgan fingerprint density at radius 2 is 2.00 bits per heavy atom. The van der Waals surface area contributed by atoms with Gasteiger partial charge in [-0.2, -0.15) is 5.26 Å². The van der Waals surface area contributed by atoms with E-state index in [0.29, 0.717) is 54.3 Å². The van der Waals surface area contributed by atoms with Crippen molar-refractivity contribution < 1.29 is 19.1 Å². The third-order valence-electron chi connectivity index (χ3n) is 6.91. The van der Waals surface area contributed by atoms with Crippen LogP contribution in [-0.2, 0) is 17.9 Å². The minimum absolute atomic E-state index is 0.0817. The first kappa shape index (κ1) is 27.8. The van der Waals surface area contributed by atoms with E-state index in [1.807, 2.05) is 24.3 Å². The summed E-state index contributed by atoms with van der Waals surface area (Å²) in [5, 5.41) is 10.5. The van der Waals surface area contributed by atoms with Crippen molar-refractivity contribution in [3.63, 3.8) is 0 Å². The van der Waals surface area contributed by atoms with Gasteiger partial charge in [-0.1, -0.05) is 19.8 Å². The van der Waals surface area contributed by atoms with Crippen molar-refractivity contribution in [2.75, 3.05) is 45.8 Å². The number of pyridine rings is 1. The maximum Gasteiger partial charge on any atom is 0.324 e. The quantitative estimate of drug-likeness (QED) is 0.339. The van der Waals surface area contributed by atoms with Crippen LogP contribution in [0.5, 0.6) is 11.5 Å². The molecule has 206 valence electrons. The van der Waals surface area contributed by atoms with Crippen molar-refractivity contribution in [2.45, 2.75) is 45.7 Å². The highest BCUT2D eigenvalue weighted by molar-refractivity contribution is 5.94. The lowest BCUT2D eigenvalue weighted by atomic mass is 10.1. The number of urea groups is 1. The van der Waals surface area contributed by atoms with Crippen molar-refractivity contribution in [1.82, 2.24) is 19.4 Å². The largest absolute Gasteiger partial charge is 0.493 e. The molecule has 0 radical (unpaired) electrons. The van der Waals surface area contributed by atoms with Crippen LogP contribution in [-0.4, -0.2) is 72.2 Å². The molecule has 0 spiro atoms. The predicted octanol–water partition coefficient (Wildman–Crippen LogP) is 4.41. The van der Waals surface area contributed by atoms with Crippen LogP contribution < -0.4 is 14.4 Å². The first-order valence-corrected chi connectivity index (χ1v) is 13.3. The number of anilines is 1. The monoisotopic (exact) mass is 532 g/mol. The molecule has 1 aliphatic heterocycles. The number of benzene rings is 1. The van der Waals surface area contributed by atoms with E-state index in [4.69, 9.17) is 9.47 Å². The van der Waals surface area contributed by atoms with Gasteiger partial charge < -0.3 is 23.8 Å². The molecule has 3 amide bonds. The average Bonchev–Trinajstić information content (AvgIpc) is 3.30. The van der Waals surface area contributed by atoms with Gasteiger partial charge in [-0.15, -0.1) is 0 Å². The molecule has 0 unspecified atom stereocenters. The van der Waals surface area contributed by atoms with Crippen molar-refractivity contribution in [2.24, 2.45) is 0 Å². The molecule has 10 nitrogen and oxygen atoms in total. The number of amides is 3. The number of carbonyl (C=O) groups is 2. The van der Waals surface area contributed by atoms with Crippen LogP contribution in [0.3, 0.4) is 0 Å². The molecule has 4 rings (SSSR count). The van der Waals surface area contributed by atoms with E-state index in [1.54, 1.807) is 48.0 Å². The van der Waals surface area contributed by atoms with Crippen LogP contribution in [0.4, 0.5) is 10.5 Å². The SMILES string of the molecule is CCCCCOc1cc(N2CCCN(Cc3ccnc4c3c(C#N)cn4CC(=O)N(C)C)C2=O)ccc1OC. The molecule has 1 saturated heterocycles. The maximum absolute atomic E-state index is 13.7. The van der Waals surface area contributed by atoms with E-state index in [2.05, 4.69) is 18.0 Å². The number of likely N-dealkylation sites (N-methyl/N-ethyl adjacent to an activating group) is 1. The summed E-state index contributed by atoms with van der Waals surface area (Å²) >= 11 is 0. The minimum Gasteiger partial charge on any atom is -0.493 e. The molecule has 1 fully saturated rings. The summed E-state index contributed by atoms with van der Waals surface area (Å²) in [6.45, 7) is 4.33. The van der Waals surface area contributed by atoms with Crippen molar-refractivity contribution >= 4 is 28.7 Å². The second-order valence-corrected chi connectivity index (χ2v) is 9.84. The fourth-order valence-corrected chi connectivity index (χ4v) is 4.76. The highest BCUT2D eigenvalue weighted by Gasteiger charge is 2.29. The Labute approximate surface area is 229 Å². The Bertz CT molecular complexity index is 1380. The number of ether oxygens (including phenoxy) is 2. The zero-order valence-electron chi connectivity index (χ0n) is 23.1. The lowest BCUT2D eigenvalue weighted by Crippen LogP contribution is -2.49. The van der Waals surface area contributed by atoms with Crippen molar-refractivity contribution in [1.29, 1.82) is 5.26 Å². The number of hydrogen-bond donors (Lipinski definition) is 0. The molecule has 1 aromatic carbocycles. The van der Waals surface area contributed by atoms with E-state index in [0.717, 1.165) is 36.9 Å². The molecule has 0 N–H and O–H groups in total. The zero-order valence-corrected chi connectivity index (χ0v) is 23.1. The number of nitriles is 1. The Morgan fingerprint density at radius 3 is 2.72 bits per heavy atom. The van der Waals surface area contributed by atoms with Crippen LogP contribution in [0.1, 0.15) is 43.7 Å². The standard InChI is InChI=1S/C29H36N6O4/c1-5-6-7-15-39-25-16-23(9-10-24(25)38-4)35-14-8-13-33(29(35)37)18-21-11-12-31-28-27(21)22(17-30)19-34(28)20-26(36)32(2)3/h9-12,16,19H,5-8,13-15,18,20H2,1-4H3. The molecule has 0 saturated carbocycles. The summed E-state index contributed by atoms with van der Waals surface area (Å²) < 4.78 is 13.2. The number of aromatic nitrogens is 2. The first-order chi connectivity index (χ1) is 18.9. The molecular weight excluding hydrogens is 496 g/mol. The predicted molar refractivity (Wildman–Crippen MR) is 149 cm³/mol. The van der Waals surface area contributed by atoms with Gasteiger partial charge in [-0.3, -0.25) is 9.69 Å². The molecule has 10 heteroatoms. The third-order valence-corrected chi connectivity index (χ3v) is 6.91. The van der Waals surface area contributed by atoms with Gasteiger partial charge in [0.15, 0.2) is 11.5 Å². The smallest absolute Gasteiger partial charge is 0.324 e. The molecule has 0 aliphatic carbocycles. The molecule has 3 aromatic rings. The van der Waals surface area contributed by atoms with Crippen molar-refractivity contribution in [3.8, 4) is 17.6 Å². The van der Waals surface area contributed by atoms with Gasteiger partial charge in [-0.05, 0) is 36.6 Å². The Hall–Kier alpha value is -4.26. The Balaban J connectivity index is 1.58. The number of unbranched alkanes of at least 4 members (excludes halogenated alkanes) is 2. The maximum atomic E-state index is 13.7. The topological polar surface area (TPSA) is 104 Å². The number of carbonyl (C=O) groups excluding carboxylic acids is 2. The molecule has 39 heavy (non-hydrogen) atoms. The Kier molecular flexibility index (Phi) is 8.92. The number of fused-ring (bicyclic) bond motifs is 1. The molecule has 0 bridgehead atoms. The summed E-state index contributed by atoms with van der Waals surface area (Å²) in [6, 6.07) is 9.53. The number of rotatable bonds is 11. The molecule has 3 heterocycles. The first-order valence-electron chi connectivity index (χ1n) is 13.3. The number of hydrogen-bond acceptors (Lipinski definition) is 6. The van der Waals surface area contributed by atoms with Crippen molar-refractivity contribution in [3.05, 3.63) is 47.8 Å². The van der Waals surface area contributed by atoms with Crippen LogP contribution >= 0.6 is 0 Å². The Morgan fingerprint density at radius 1 is 1.18 bits per heavy atom. The van der Waals surface area contributed by atoms with Crippen LogP contribution in [0, 0.1) is 11.3 Å². The third kappa shape index (κ3) is 6.08. The molecule has 2 aromatic heterocycles. The number of methoxy groups -OCH3 is 1. The van der Waals surface area contributed by atoms with Crippen LogP contribution in [0.2, 0.25) is 0 Å². The zero-order chi connectivity index (χ0) is 27.9. The van der Waals surface area contributed by atoms with Gasteiger partial charge in [0.25, 0.3) is 0 Å². The normalized spacial score (nSPS) is 13.5. The summed E-state index contributed by atoms with van der Waals surface area (Å²) in [5.41, 5.74) is 2.56. The van der Waals surface area contributed by atoms with E-state index in [1.165, 1.54) is 4.90 Å². The minimum atomic E-state index is -0.117. The molecule has 0 atom stereocenters. The second kappa shape index (κ2) is 12.5. The lowest BCUT2D eigenvalue weighted by Gasteiger charge is -2.36. The summed E-state index contributed by atoms with van der Waals surface area (Å²) in [4.78, 5) is 35.5. The summed E-state index contributed by atoms with van der Waals surface area (Å²) in [6.07, 6.45) is 7.27. The van der Waals surface area contributed by atoms with Gasteiger partial charge in [0, 0.05) is 63.3 Å². The highest BCUT2D eigenvalue weighted by Crippen LogP contribution is 2.34. The lowest BCUT2D eigenvalue weighted by molar-refractivity contribution is -0.129. The van der Waals surface area contributed by atoms with E-state index in [-0.39, 0.29) is 18.5 Å². The van der Waals surface area contributed by atoms with Gasteiger partial charge in [0.1, 0.15) is 18.3 Å². The van der Waals surface area contributed by atoms with Crippen LogP contribution in [0.15, 0.2) is 36.7 Å². The second-order valence-electron chi connectivity index (χ2n) is 9.84. The number of nitrogens with zero attached hydrogens (tertiary/aromatic N) is 6. The highest BCUT2D eigenvalue weighted by atomic mass is 16.5. The van der Waals surface area contributed by atoms with Gasteiger partial charge in [0.2, 0.25) is 5.91 Å².